The molecule has 0 saturated carbocycles. The first-order chi connectivity index (χ1) is 5.75. The molecule has 1 atom stereocenters. The molecule has 0 saturated heterocycles. The van der Waals surface area contributed by atoms with Crippen molar-refractivity contribution in [3.8, 4) is 5.75 Å². The van der Waals surface area contributed by atoms with Gasteiger partial charge in [0, 0.05) is 23.9 Å². The molecule has 2 rings (SSSR count). The molecule has 1 unspecified atom stereocenters. The predicted molar refractivity (Wildman–Crippen MR) is 46.4 cm³/mol. The standard InChI is InChI=1S/C8H9ClN2O/c9-8-2-7-5(3-11-8)1-6(10)4-12-7/h2-3,6H,1,4,10H2. The van der Waals surface area contributed by atoms with E-state index in [1.54, 1.807) is 12.3 Å². The van der Waals surface area contributed by atoms with E-state index in [1.165, 1.54) is 0 Å². The largest absolute Gasteiger partial charge is 0.492 e. The Morgan fingerprint density at radius 1 is 1.67 bits per heavy atom. The summed E-state index contributed by atoms with van der Waals surface area (Å²) in [6, 6.07) is 1.81. The quantitative estimate of drug-likeness (QED) is 0.612. The predicted octanol–water partition coefficient (Wildman–Crippen LogP) is 0.997. The van der Waals surface area contributed by atoms with Crippen LogP contribution in [0.4, 0.5) is 0 Å². The second-order valence-electron chi connectivity index (χ2n) is 2.89. The Balaban J connectivity index is 2.37. The lowest BCUT2D eigenvalue weighted by molar-refractivity contribution is 0.263. The highest BCUT2D eigenvalue weighted by Gasteiger charge is 2.16. The average Bonchev–Trinajstić information content (AvgIpc) is 2.05. The number of nitrogens with two attached hydrogens (primary N) is 1. The fourth-order valence-corrected chi connectivity index (χ4v) is 1.42. The molecule has 12 heavy (non-hydrogen) atoms. The fourth-order valence-electron chi connectivity index (χ4n) is 1.27. The van der Waals surface area contributed by atoms with Crippen LogP contribution in [0.1, 0.15) is 5.56 Å². The maximum atomic E-state index is 5.70. The van der Waals surface area contributed by atoms with Crippen molar-refractivity contribution in [3.05, 3.63) is 23.0 Å². The highest BCUT2D eigenvalue weighted by molar-refractivity contribution is 6.29. The Kier molecular flexibility index (Phi) is 1.90. The van der Waals surface area contributed by atoms with E-state index in [1.807, 2.05) is 0 Å². The third-order valence-corrected chi connectivity index (χ3v) is 2.05. The molecule has 1 aromatic rings. The molecule has 3 nitrogen and oxygen atoms in total. The van der Waals surface area contributed by atoms with Gasteiger partial charge in [-0.3, -0.25) is 0 Å². The number of ether oxygens (including phenoxy) is 1. The summed E-state index contributed by atoms with van der Waals surface area (Å²) in [5.41, 5.74) is 6.74. The lowest BCUT2D eigenvalue weighted by Crippen LogP contribution is -2.33. The van der Waals surface area contributed by atoms with Gasteiger partial charge in [-0.15, -0.1) is 0 Å². The summed E-state index contributed by atoms with van der Waals surface area (Å²) in [7, 11) is 0. The topological polar surface area (TPSA) is 48.1 Å². The zero-order valence-corrected chi connectivity index (χ0v) is 7.21. The molecule has 4 heteroatoms. The smallest absolute Gasteiger partial charge is 0.132 e. The Morgan fingerprint density at radius 3 is 3.33 bits per heavy atom. The van der Waals surface area contributed by atoms with Crippen molar-refractivity contribution in [2.24, 2.45) is 5.73 Å². The molecule has 0 radical (unpaired) electrons. The second-order valence-corrected chi connectivity index (χ2v) is 3.28. The minimum Gasteiger partial charge on any atom is -0.492 e. The van der Waals surface area contributed by atoms with E-state index in [4.69, 9.17) is 22.1 Å². The monoisotopic (exact) mass is 184 g/mol. The number of hydrogen-bond acceptors (Lipinski definition) is 3. The Morgan fingerprint density at radius 2 is 2.50 bits per heavy atom. The maximum absolute atomic E-state index is 5.70. The molecule has 0 bridgehead atoms. The first kappa shape index (κ1) is 7.83. The minimum absolute atomic E-state index is 0.0838. The van der Waals surface area contributed by atoms with Crippen LogP contribution in [-0.4, -0.2) is 17.6 Å². The van der Waals surface area contributed by atoms with E-state index in [0.29, 0.717) is 11.8 Å². The number of nitrogens with zero attached hydrogens (tertiary/aromatic N) is 1. The highest BCUT2D eigenvalue weighted by atomic mass is 35.5. The Bertz CT molecular complexity index is 303. The van der Waals surface area contributed by atoms with E-state index in [2.05, 4.69) is 4.98 Å². The normalized spacial score (nSPS) is 21.3. The van der Waals surface area contributed by atoms with Crippen LogP contribution >= 0.6 is 11.6 Å². The zero-order valence-electron chi connectivity index (χ0n) is 6.46. The van der Waals surface area contributed by atoms with Gasteiger partial charge in [-0.05, 0) is 6.42 Å². The van der Waals surface area contributed by atoms with Crippen molar-refractivity contribution >= 4 is 11.6 Å². The lowest BCUT2D eigenvalue weighted by Gasteiger charge is -2.21. The summed E-state index contributed by atoms with van der Waals surface area (Å²) in [6.07, 6.45) is 2.54. The van der Waals surface area contributed by atoms with Crippen LogP contribution in [-0.2, 0) is 6.42 Å². The molecule has 2 heterocycles. The van der Waals surface area contributed by atoms with E-state index in [9.17, 15) is 0 Å². The number of rotatable bonds is 0. The minimum atomic E-state index is 0.0838. The van der Waals surface area contributed by atoms with Gasteiger partial charge in [0.2, 0.25) is 0 Å². The van der Waals surface area contributed by atoms with Crippen LogP contribution < -0.4 is 10.5 Å². The van der Waals surface area contributed by atoms with Crippen molar-refractivity contribution in [2.75, 3.05) is 6.61 Å². The van der Waals surface area contributed by atoms with Gasteiger partial charge in [0.25, 0.3) is 0 Å². The van der Waals surface area contributed by atoms with Crippen LogP contribution in [0, 0.1) is 0 Å². The fraction of sp³-hybridized carbons (Fsp3) is 0.375. The van der Waals surface area contributed by atoms with Crippen molar-refractivity contribution in [1.82, 2.24) is 4.98 Å². The summed E-state index contributed by atoms with van der Waals surface area (Å²) < 4.78 is 5.37. The number of halogens is 1. The van der Waals surface area contributed by atoms with Gasteiger partial charge in [-0.25, -0.2) is 4.98 Å². The van der Waals surface area contributed by atoms with Crippen molar-refractivity contribution in [1.29, 1.82) is 0 Å². The van der Waals surface area contributed by atoms with Gasteiger partial charge in [-0.1, -0.05) is 11.6 Å². The first-order valence-corrected chi connectivity index (χ1v) is 4.16. The summed E-state index contributed by atoms with van der Waals surface area (Å²) in [4.78, 5) is 3.96. The highest BCUT2D eigenvalue weighted by Crippen LogP contribution is 2.25. The third kappa shape index (κ3) is 1.38. The molecule has 0 fully saturated rings. The Hall–Kier alpha value is -0.800. The summed E-state index contributed by atoms with van der Waals surface area (Å²) in [6.45, 7) is 0.563. The van der Waals surface area contributed by atoms with Gasteiger partial charge in [0.05, 0.1) is 0 Å². The van der Waals surface area contributed by atoms with Gasteiger partial charge in [0.1, 0.15) is 17.5 Å². The number of hydrogen-bond donors (Lipinski definition) is 1. The molecule has 1 aromatic heterocycles. The molecular weight excluding hydrogens is 176 g/mol. The zero-order chi connectivity index (χ0) is 8.55. The van der Waals surface area contributed by atoms with Crippen molar-refractivity contribution in [2.45, 2.75) is 12.5 Å². The van der Waals surface area contributed by atoms with E-state index in [-0.39, 0.29) is 6.04 Å². The van der Waals surface area contributed by atoms with Crippen LogP contribution in [0.5, 0.6) is 5.75 Å². The lowest BCUT2D eigenvalue weighted by atomic mass is 10.1. The molecule has 0 amide bonds. The molecule has 64 valence electrons. The SMILES string of the molecule is NC1COc2cc(Cl)ncc2C1. The average molecular weight is 185 g/mol. The molecule has 1 aliphatic rings. The molecule has 2 N–H and O–H groups in total. The van der Waals surface area contributed by atoms with Crippen molar-refractivity contribution in [3.63, 3.8) is 0 Å². The number of fused-ring (bicyclic) bond motifs is 1. The van der Waals surface area contributed by atoms with Crippen LogP contribution in [0.3, 0.4) is 0 Å². The Labute approximate surface area is 75.5 Å². The van der Waals surface area contributed by atoms with E-state index < -0.39 is 0 Å². The van der Waals surface area contributed by atoms with Crippen molar-refractivity contribution < 1.29 is 4.74 Å². The van der Waals surface area contributed by atoms with Crippen LogP contribution in [0.15, 0.2) is 12.3 Å². The second kappa shape index (κ2) is 2.92. The first-order valence-electron chi connectivity index (χ1n) is 3.78. The maximum Gasteiger partial charge on any atom is 0.132 e. The third-order valence-electron chi connectivity index (χ3n) is 1.85. The van der Waals surface area contributed by atoms with E-state index in [0.717, 1.165) is 17.7 Å². The molecule has 0 aromatic carbocycles. The van der Waals surface area contributed by atoms with Gasteiger partial charge in [-0.2, -0.15) is 0 Å². The molecule has 1 aliphatic heterocycles. The number of pyridine rings is 1. The summed E-state index contributed by atoms with van der Waals surface area (Å²) >= 11 is 5.69. The molecular formula is C8H9ClN2O. The summed E-state index contributed by atoms with van der Waals surface area (Å²) in [5.74, 6) is 0.816. The van der Waals surface area contributed by atoms with E-state index >= 15 is 0 Å². The molecule has 0 aliphatic carbocycles. The van der Waals surface area contributed by atoms with Crippen LogP contribution in [0.2, 0.25) is 5.15 Å². The van der Waals surface area contributed by atoms with Gasteiger partial charge < -0.3 is 10.5 Å². The van der Waals surface area contributed by atoms with Gasteiger partial charge >= 0.3 is 0 Å². The summed E-state index contributed by atoms with van der Waals surface area (Å²) in [5, 5.41) is 0.462. The number of aromatic nitrogens is 1. The van der Waals surface area contributed by atoms with Gasteiger partial charge in [0.15, 0.2) is 0 Å². The molecule has 0 spiro atoms. The van der Waals surface area contributed by atoms with Crippen LogP contribution in [0.25, 0.3) is 0 Å².